The molecule has 1 rings (SSSR count). The molecule has 14 heavy (non-hydrogen) atoms. The van der Waals surface area contributed by atoms with Crippen molar-refractivity contribution in [3.8, 4) is 0 Å². The third-order valence-electron chi connectivity index (χ3n) is 1.90. The Morgan fingerprint density at radius 1 is 1.36 bits per heavy atom. The fourth-order valence-corrected chi connectivity index (χ4v) is 1.35. The van der Waals surface area contributed by atoms with E-state index >= 15 is 0 Å². The third kappa shape index (κ3) is 4.33. The maximum absolute atomic E-state index is 11.0. The van der Waals surface area contributed by atoms with Crippen LogP contribution in [-0.4, -0.2) is 22.9 Å². The number of aromatic nitrogens is 1. The van der Waals surface area contributed by atoms with Crippen LogP contribution in [0.3, 0.4) is 0 Å². The third-order valence-corrected chi connectivity index (χ3v) is 2.09. The number of amides is 1. The lowest BCUT2D eigenvalue weighted by molar-refractivity contribution is -0.120. The molecule has 0 bridgehead atoms. The first kappa shape index (κ1) is 11.1. The molecule has 78 valence electrons. The highest BCUT2D eigenvalue weighted by atomic mass is 35.5. The number of alkyl halides is 1. The van der Waals surface area contributed by atoms with Crippen LogP contribution in [0.5, 0.6) is 0 Å². The van der Waals surface area contributed by atoms with Crippen LogP contribution >= 0.6 is 11.6 Å². The van der Waals surface area contributed by atoms with Gasteiger partial charge in [-0.1, -0.05) is 0 Å². The lowest BCUT2D eigenvalue weighted by atomic mass is 10.4. The summed E-state index contributed by atoms with van der Waals surface area (Å²) in [6, 6.07) is 3.98. The summed E-state index contributed by atoms with van der Waals surface area (Å²) in [4.78, 5) is 11.0. The Bertz CT molecular complexity index is 259. The number of rotatable bonds is 6. The van der Waals surface area contributed by atoms with Crippen LogP contribution in [-0.2, 0) is 11.3 Å². The van der Waals surface area contributed by atoms with Gasteiger partial charge in [0.05, 0.1) is 0 Å². The molecular formula is C10H15ClN2O. The molecule has 0 aliphatic carbocycles. The average molecular weight is 215 g/mol. The van der Waals surface area contributed by atoms with Gasteiger partial charge in [-0.25, -0.2) is 0 Å². The number of aryl methyl sites for hydroxylation is 1. The number of carbonyl (C=O) groups is 1. The second-order valence-corrected chi connectivity index (χ2v) is 3.44. The highest BCUT2D eigenvalue weighted by Crippen LogP contribution is 1.92. The van der Waals surface area contributed by atoms with E-state index in [9.17, 15) is 4.79 Å². The van der Waals surface area contributed by atoms with Crippen LogP contribution in [0.1, 0.15) is 12.8 Å². The maximum Gasteiger partial charge on any atom is 0.221 e. The Labute approximate surface area is 89.1 Å². The van der Waals surface area contributed by atoms with Gasteiger partial charge >= 0.3 is 0 Å². The summed E-state index contributed by atoms with van der Waals surface area (Å²) in [6.45, 7) is 1.65. The fourth-order valence-electron chi connectivity index (χ4n) is 1.18. The number of nitrogens with one attached hydrogen (secondary N) is 1. The lowest BCUT2D eigenvalue weighted by Crippen LogP contribution is -2.25. The van der Waals surface area contributed by atoms with Gasteiger partial charge in [-0.3, -0.25) is 4.79 Å². The zero-order valence-electron chi connectivity index (χ0n) is 8.08. The van der Waals surface area contributed by atoms with E-state index in [-0.39, 0.29) is 5.91 Å². The van der Waals surface area contributed by atoms with Gasteiger partial charge in [0.2, 0.25) is 5.91 Å². The molecule has 0 unspecified atom stereocenters. The Balaban J connectivity index is 2.02. The molecule has 0 aliphatic heterocycles. The molecule has 1 aromatic rings. The van der Waals surface area contributed by atoms with Crippen LogP contribution in [0.15, 0.2) is 24.5 Å². The van der Waals surface area contributed by atoms with E-state index < -0.39 is 0 Å². The number of hydrogen-bond donors (Lipinski definition) is 1. The molecule has 0 spiro atoms. The van der Waals surface area contributed by atoms with Crippen molar-refractivity contribution in [1.29, 1.82) is 0 Å². The number of halogens is 1. The van der Waals surface area contributed by atoms with Crippen molar-refractivity contribution in [3.63, 3.8) is 0 Å². The summed E-state index contributed by atoms with van der Waals surface area (Å²) >= 11 is 5.43. The van der Waals surface area contributed by atoms with Crippen molar-refractivity contribution in [2.75, 3.05) is 12.4 Å². The molecule has 4 heteroatoms. The van der Waals surface area contributed by atoms with Gasteiger partial charge < -0.3 is 9.88 Å². The normalized spacial score (nSPS) is 10.1. The van der Waals surface area contributed by atoms with Crippen LogP contribution in [0, 0.1) is 0 Å². The van der Waals surface area contributed by atoms with E-state index in [1.807, 2.05) is 24.5 Å². The minimum Gasteiger partial charge on any atom is -0.356 e. The molecule has 1 N–H and O–H groups in total. The Kier molecular flexibility index (Phi) is 5.15. The zero-order chi connectivity index (χ0) is 10.2. The first-order valence-electron chi connectivity index (χ1n) is 4.76. The van der Waals surface area contributed by atoms with E-state index in [0.29, 0.717) is 18.8 Å². The molecule has 0 aliphatic rings. The summed E-state index contributed by atoms with van der Waals surface area (Å²) in [6.07, 6.45) is 5.38. The number of carbonyl (C=O) groups excluding carboxylic acids is 1. The highest BCUT2D eigenvalue weighted by Gasteiger charge is 1.97. The van der Waals surface area contributed by atoms with Gasteiger partial charge in [-0.2, -0.15) is 0 Å². The van der Waals surface area contributed by atoms with E-state index in [2.05, 4.69) is 9.88 Å². The Morgan fingerprint density at radius 2 is 2.07 bits per heavy atom. The molecule has 0 saturated carbocycles. The SMILES string of the molecule is O=C(CCCl)NCCCn1cccc1. The second-order valence-electron chi connectivity index (χ2n) is 3.06. The maximum atomic E-state index is 11.0. The van der Waals surface area contributed by atoms with Crippen molar-refractivity contribution in [1.82, 2.24) is 9.88 Å². The van der Waals surface area contributed by atoms with Crippen LogP contribution in [0.2, 0.25) is 0 Å². The first-order valence-corrected chi connectivity index (χ1v) is 5.30. The molecule has 0 aromatic carbocycles. The molecular weight excluding hydrogens is 200 g/mol. The van der Waals surface area contributed by atoms with Crippen molar-refractivity contribution >= 4 is 17.5 Å². The van der Waals surface area contributed by atoms with Crippen molar-refractivity contribution < 1.29 is 4.79 Å². The van der Waals surface area contributed by atoms with E-state index in [1.165, 1.54) is 0 Å². The molecule has 0 saturated heterocycles. The second kappa shape index (κ2) is 6.49. The summed E-state index contributed by atoms with van der Waals surface area (Å²) in [5.74, 6) is 0.427. The molecule has 3 nitrogen and oxygen atoms in total. The van der Waals surface area contributed by atoms with Crippen LogP contribution in [0.4, 0.5) is 0 Å². The molecule has 0 radical (unpaired) electrons. The largest absolute Gasteiger partial charge is 0.356 e. The van der Waals surface area contributed by atoms with Gasteiger partial charge in [-0.15, -0.1) is 11.6 Å². The topological polar surface area (TPSA) is 34.0 Å². The standard InChI is InChI=1S/C10H15ClN2O/c11-5-4-10(14)12-6-3-9-13-7-1-2-8-13/h1-2,7-8H,3-6,9H2,(H,12,14). The quantitative estimate of drug-likeness (QED) is 0.567. The summed E-state index contributed by atoms with van der Waals surface area (Å²) < 4.78 is 2.09. The number of nitrogens with zero attached hydrogens (tertiary/aromatic N) is 1. The summed E-state index contributed by atoms with van der Waals surface area (Å²) in [7, 11) is 0. The zero-order valence-corrected chi connectivity index (χ0v) is 8.83. The van der Waals surface area contributed by atoms with Crippen molar-refractivity contribution in [3.05, 3.63) is 24.5 Å². The summed E-state index contributed by atoms with van der Waals surface area (Å²) in [5.41, 5.74) is 0. The lowest BCUT2D eigenvalue weighted by Gasteiger charge is -2.04. The van der Waals surface area contributed by atoms with Crippen molar-refractivity contribution in [2.24, 2.45) is 0 Å². The molecule has 1 amide bonds. The molecule has 1 heterocycles. The van der Waals surface area contributed by atoms with Crippen molar-refractivity contribution in [2.45, 2.75) is 19.4 Å². The molecule has 1 aromatic heterocycles. The Hall–Kier alpha value is -0.960. The smallest absolute Gasteiger partial charge is 0.221 e. The minimum absolute atomic E-state index is 0.0347. The minimum atomic E-state index is 0.0347. The number of hydrogen-bond acceptors (Lipinski definition) is 1. The van der Waals surface area contributed by atoms with Crippen LogP contribution in [0.25, 0.3) is 0 Å². The monoisotopic (exact) mass is 214 g/mol. The average Bonchev–Trinajstić information content (AvgIpc) is 2.65. The fraction of sp³-hybridized carbons (Fsp3) is 0.500. The first-order chi connectivity index (χ1) is 6.83. The molecule has 0 atom stereocenters. The predicted molar refractivity (Wildman–Crippen MR) is 57.4 cm³/mol. The van der Waals surface area contributed by atoms with E-state index in [0.717, 1.165) is 13.0 Å². The van der Waals surface area contributed by atoms with Crippen LogP contribution < -0.4 is 5.32 Å². The van der Waals surface area contributed by atoms with Gasteiger partial charge in [0.15, 0.2) is 0 Å². The van der Waals surface area contributed by atoms with Gasteiger partial charge in [0, 0.05) is 37.8 Å². The highest BCUT2D eigenvalue weighted by molar-refractivity contribution is 6.18. The van der Waals surface area contributed by atoms with Gasteiger partial charge in [0.1, 0.15) is 0 Å². The van der Waals surface area contributed by atoms with Gasteiger partial charge in [0.25, 0.3) is 0 Å². The van der Waals surface area contributed by atoms with E-state index in [1.54, 1.807) is 0 Å². The predicted octanol–water partition coefficient (Wildman–Crippen LogP) is 1.62. The molecule has 0 fully saturated rings. The van der Waals surface area contributed by atoms with Gasteiger partial charge in [-0.05, 0) is 18.6 Å². The Morgan fingerprint density at radius 3 is 2.71 bits per heavy atom. The summed E-state index contributed by atoms with van der Waals surface area (Å²) in [5, 5.41) is 2.81. The van der Waals surface area contributed by atoms with E-state index in [4.69, 9.17) is 11.6 Å².